The molecular formula is C7H7NO2S. The fourth-order valence-electron chi connectivity index (χ4n) is 0.773. The molecule has 0 aliphatic carbocycles. The van der Waals surface area contributed by atoms with Crippen LogP contribution in [0.2, 0.25) is 0 Å². The van der Waals surface area contributed by atoms with Crippen LogP contribution >= 0.6 is 11.8 Å². The van der Waals surface area contributed by atoms with E-state index in [1.807, 2.05) is 0 Å². The van der Waals surface area contributed by atoms with Gasteiger partial charge in [-0.2, -0.15) is 0 Å². The summed E-state index contributed by atoms with van der Waals surface area (Å²) in [6.45, 7) is 0.362. The first-order chi connectivity index (χ1) is 5.25. The van der Waals surface area contributed by atoms with Crippen molar-refractivity contribution in [2.75, 3.05) is 12.3 Å². The van der Waals surface area contributed by atoms with E-state index in [0.717, 1.165) is 11.8 Å². The number of thioether (sulfide) groups is 1. The SMILES string of the molecule is C#CCCN1C(=O)CSC1=O. The Bertz CT molecular complexity index is 215. The lowest BCUT2D eigenvalue weighted by atomic mass is 10.4. The molecule has 0 aromatic carbocycles. The highest BCUT2D eigenvalue weighted by molar-refractivity contribution is 8.14. The molecule has 0 atom stereocenters. The lowest BCUT2D eigenvalue weighted by Crippen LogP contribution is -2.29. The van der Waals surface area contributed by atoms with Gasteiger partial charge in [0.05, 0.1) is 5.75 Å². The monoisotopic (exact) mass is 169 g/mol. The molecule has 2 amide bonds. The van der Waals surface area contributed by atoms with Gasteiger partial charge in [0, 0.05) is 13.0 Å². The van der Waals surface area contributed by atoms with Gasteiger partial charge in [-0.3, -0.25) is 14.5 Å². The number of amides is 2. The van der Waals surface area contributed by atoms with Crippen LogP contribution in [0.3, 0.4) is 0 Å². The summed E-state index contributed by atoms with van der Waals surface area (Å²) in [5.74, 6) is 2.52. The zero-order chi connectivity index (χ0) is 8.27. The summed E-state index contributed by atoms with van der Waals surface area (Å²) in [7, 11) is 0. The van der Waals surface area contributed by atoms with Gasteiger partial charge in [-0.15, -0.1) is 12.3 Å². The predicted octanol–water partition coefficient (Wildman–Crippen LogP) is 0.705. The number of carbonyl (C=O) groups is 2. The van der Waals surface area contributed by atoms with Crippen molar-refractivity contribution in [1.29, 1.82) is 0 Å². The quantitative estimate of drug-likeness (QED) is 0.571. The van der Waals surface area contributed by atoms with Gasteiger partial charge < -0.3 is 0 Å². The molecule has 0 N–H and O–H groups in total. The molecule has 4 heteroatoms. The normalized spacial score (nSPS) is 17.2. The van der Waals surface area contributed by atoms with E-state index in [9.17, 15) is 9.59 Å². The summed E-state index contributed by atoms with van der Waals surface area (Å²) < 4.78 is 0. The number of carbonyl (C=O) groups excluding carboxylic acids is 2. The summed E-state index contributed by atoms with van der Waals surface area (Å²) in [5.41, 5.74) is 0. The summed E-state index contributed by atoms with van der Waals surface area (Å²) in [4.78, 5) is 23.0. The third-order valence-electron chi connectivity index (χ3n) is 1.32. The maximum absolute atomic E-state index is 10.9. The number of hydrogen-bond acceptors (Lipinski definition) is 3. The first kappa shape index (κ1) is 8.15. The fraction of sp³-hybridized carbons (Fsp3) is 0.429. The lowest BCUT2D eigenvalue weighted by Gasteiger charge is -2.08. The Balaban J connectivity index is 2.49. The van der Waals surface area contributed by atoms with E-state index < -0.39 is 0 Å². The van der Waals surface area contributed by atoms with E-state index in [1.54, 1.807) is 0 Å². The molecule has 1 fully saturated rings. The standard InChI is InChI=1S/C7H7NO2S/c1-2-3-4-8-6(9)5-11-7(8)10/h1H,3-5H2. The average Bonchev–Trinajstić information content (AvgIpc) is 2.29. The van der Waals surface area contributed by atoms with Crippen LogP contribution in [0.5, 0.6) is 0 Å². The Labute approximate surface area is 69.1 Å². The van der Waals surface area contributed by atoms with Crippen LogP contribution in [0.4, 0.5) is 4.79 Å². The van der Waals surface area contributed by atoms with E-state index in [-0.39, 0.29) is 16.9 Å². The van der Waals surface area contributed by atoms with E-state index in [4.69, 9.17) is 6.42 Å². The molecule has 1 aliphatic rings. The molecule has 0 bridgehead atoms. The Morgan fingerprint density at radius 2 is 2.36 bits per heavy atom. The zero-order valence-electron chi connectivity index (χ0n) is 5.87. The van der Waals surface area contributed by atoms with E-state index >= 15 is 0 Å². The molecule has 1 rings (SSSR count). The average molecular weight is 169 g/mol. The van der Waals surface area contributed by atoms with Crippen LogP contribution in [0.15, 0.2) is 0 Å². The summed E-state index contributed by atoms with van der Waals surface area (Å²) >= 11 is 1.03. The number of nitrogens with zero attached hydrogens (tertiary/aromatic N) is 1. The molecule has 11 heavy (non-hydrogen) atoms. The van der Waals surface area contributed by atoms with Crippen LogP contribution in [-0.4, -0.2) is 28.3 Å². The van der Waals surface area contributed by atoms with Crippen LogP contribution < -0.4 is 0 Å². The Hall–Kier alpha value is -0.950. The molecule has 0 radical (unpaired) electrons. The topological polar surface area (TPSA) is 37.4 Å². The van der Waals surface area contributed by atoms with Crippen LogP contribution in [0.25, 0.3) is 0 Å². The van der Waals surface area contributed by atoms with Gasteiger partial charge in [0.15, 0.2) is 0 Å². The molecular weight excluding hydrogens is 162 g/mol. The molecule has 1 aliphatic heterocycles. The van der Waals surface area contributed by atoms with Crippen molar-refractivity contribution in [1.82, 2.24) is 4.90 Å². The van der Waals surface area contributed by atoms with Gasteiger partial charge in [-0.1, -0.05) is 11.8 Å². The van der Waals surface area contributed by atoms with Crippen molar-refractivity contribution < 1.29 is 9.59 Å². The van der Waals surface area contributed by atoms with Crippen LogP contribution in [0, 0.1) is 12.3 Å². The second-order valence-electron chi connectivity index (χ2n) is 2.05. The Morgan fingerprint density at radius 1 is 1.64 bits per heavy atom. The second kappa shape index (κ2) is 3.44. The molecule has 0 spiro atoms. The molecule has 0 saturated carbocycles. The number of hydrogen-bond donors (Lipinski definition) is 0. The maximum atomic E-state index is 10.9. The maximum Gasteiger partial charge on any atom is 0.288 e. The molecule has 0 aromatic heterocycles. The van der Waals surface area contributed by atoms with Gasteiger partial charge >= 0.3 is 0 Å². The van der Waals surface area contributed by atoms with Crippen molar-refractivity contribution >= 4 is 22.9 Å². The number of terminal acetylenes is 1. The molecule has 1 heterocycles. The van der Waals surface area contributed by atoms with E-state index in [0.29, 0.717) is 13.0 Å². The van der Waals surface area contributed by atoms with Gasteiger partial charge in [0.1, 0.15) is 0 Å². The van der Waals surface area contributed by atoms with Crippen molar-refractivity contribution in [3.63, 3.8) is 0 Å². The molecule has 0 unspecified atom stereocenters. The fourth-order valence-corrected chi connectivity index (χ4v) is 1.53. The Kier molecular flexibility index (Phi) is 2.55. The molecule has 1 saturated heterocycles. The number of imide groups is 1. The highest BCUT2D eigenvalue weighted by atomic mass is 32.2. The number of rotatable bonds is 2. The van der Waals surface area contributed by atoms with Crippen molar-refractivity contribution in [3.8, 4) is 12.3 Å². The smallest absolute Gasteiger partial charge is 0.273 e. The summed E-state index contributed by atoms with van der Waals surface area (Å²) in [5, 5.41) is -0.176. The summed E-state index contributed by atoms with van der Waals surface area (Å²) in [6, 6.07) is 0. The third-order valence-corrected chi connectivity index (χ3v) is 2.18. The first-order valence-corrected chi connectivity index (χ1v) is 4.15. The minimum Gasteiger partial charge on any atom is -0.273 e. The predicted molar refractivity (Wildman–Crippen MR) is 43.0 cm³/mol. The largest absolute Gasteiger partial charge is 0.288 e. The molecule has 3 nitrogen and oxygen atoms in total. The van der Waals surface area contributed by atoms with E-state index in [1.165, 1.54) is 4.90 Å². The molecule has 58 valence electrons. The highest BCUT2D eigenvalue weighted by Crippen LogP contribution is 2.18. The van der Waals surface area contributed by atoms with Gasteiger partial charge in [0.25, 0.3) is 5.24 Å². The third kappa shape index (κ3) is 1.75. The molecule has 0 aromatic rings. The zero-order valence-corrected chi connectivity index (χ0v) is 6.69. The highest BCUT2D eigenvalue weighted by Gasteiger charge is 2.28. The Morgan fingerprint density at radius 3 is 2.82 bits per heavy atom. The van der Waals surface area contributed by atoms with Gasteiger partial charge in [-0.05, 0) is 0 Å². The minimum atomic E-state index is -0.176. The van der Waals surface area contributed by atoms with Crippen LogP contribution in [-0.2, 0) is 4.79 Å². The van der Waals surface area contributed by atoms with Crippen molar-refractivity contribution in [2.24, 2.45) is 0 Å². The minimum absolute atomic E-state index is 0.129. The first-order valence-electron chi connectivity index (χ1n) is 3.16. The lowest BCUT2D eigenvalue weighted by molar-refractivity contribution is -0.124. The summed E-state index contributed by atoms with van der Waals surface area (Å²) in [6.07, 6.45) is 5.43. The van der Waals surface area contributed by atoms with Crippen molar-refractivity contribution in [2.45, 2.75) is 6.42 Å². The van der Waals surface area contributed by atoms with Crippen LogP contribution in [0.1, 0.15) is 6.42 Å². The van der Waals surface area contributed by atoms with Gasteiger partial charge in [-0.25, -0.2) is 0 Å². The van der Waals surface area contributed by atoms with Gasteiger partial charge in [0.2, 0.25) is 5.91 Å². The van der Waals surface area contributed by atoms with E-state index in [2.05, 4.69) is 5.92 Å². The second-order valence-corrected chi connectivity index (χ2v) is 2.98. The van der Waals surface area contributed by atoms with Crippen molar-refractivity contribution in [3.05, 3.63) is 0 Å².